The summed E-state index contributed by atoms with van der Waals surface area (Å²) < 4.78 is 15.4. The normalized spacial score (nSPS) is 21.9. The SMILES string of the molecule is C[C@H](N)c1nc2c(F)ccc(Cl)c2c(=O)n1C1CC(C(=O)O)C1. The van der Waals surface area contributed by atoms with Gasteiger partial charge in [-0.05, 0) is 31.9 Å². The van der Waals surface area contributed by atoms with Crippen LogP contribution in [0.5, 0.6) is 0 Å². The zero-order chi connectivity index (χ0) is 16.9. The maximum atomic E-state index is 14.0. The van der Waals surface area contributed by atoms with Crippen molar-refractivity contribution >= 4 is 28.5 Å². The Kier molecular flexibility index (Phi) is 3.85. The van der Waals surface area contributed by atoms with Crippen molar-refractivity contribution in [3.8, 4) is 0 Å². The monoisotopic (exact) mass is 339 g/mol. The standard InChI is InChI=1S/C15H15ClFN3O3/c1-6(18)13-19-12-10(17)3-2-9(16)11(12)14(21)20(13)8-4-7(5-8)15(22)23/h2-3,6-8H,4-5,18H2,1H3,(H,22,23)/t6-,7?,8?/m0/s1. The van der Waals surface area contributed by atoms with E-state index in [4.69, 9.17) is 22.4 Å². The van der Waals surface area contributed by atoms with Crippen LogP contribution in [-0.4, -0.2) is 20.6 Å². The number of carbonyl (C=O) groups is 1. The Morgan fingerprint density at radius 2 is 2.17 bits per heavy atom. The quantitative estimate of drug-likeness (QED) is 0.893. The number of carboxylic acids is 1. The van der Waals surface area contributed by atoms with E-state index in [1.165, 1.54) is 10.6 Å². The van der Waals surface area contributed by atoms with Crippen LogP contribution in [-0.2, 0) is 4.79 Å². The van der Waals surface area contributed by atoms with E-state index in [9.17, 15) is 14.0 Å². The molecular formula is C15H15ClFN3O3. The number of carboxylic acid groups (broad SMARTS) is 1. The number of aromatic nitrogens is 2. The fourth-order valence-electron chi connectivity index (χ4n) is 2.92. The molecule has 1 aliphatic rings. The molecule has 0 aliphatic heterocycles. The molecule has 1 atom stereocenters. The first-order chi connectivity index (χ1) is 10.8. The minimum atomic E-state index is -0.894. The lowest BCUT2D eigenvalue weighted by Gasteiger charge is -2.35. The van der Waals surface area contributed by atoms with Crippen LogP contribution in [0.4, 0.5) is 4.39 Å². The first-order valence-corrected chi connectivity index (χ1v) is 7.57. The number of aliphatic carboxylic acids is 1. The molecule has 0 bridgehead atoms. The molecule has 1 saturated carbocycles. The fraction of sp³-hybridized carbons (Fsp3) is 0.400. The minimum absolute atomic E-state index is 0.00478. The molecule has 2 aromatic rings. The van der Waals surface area contributed by atoms with Crippen LogP contribution < -0.4 is 11.3 Å². The van der Waals surface area contributed by atoms with E-state index in [-0.39, 0.29) is 27.8 Å². The molecule has 122 valence electrons. The summed E-state index contributed by atoms with van der Waals surface area (Å²) >= 11 is 6.04. The van der Waals surface area contributed by atoms with Crippen molar-refractivity contribution in [2.45, 2.75) is 31.8 Å². The van der Waals surface area contributed by atoms with E-state index in [1.807, 2.05) is 0 Å². The van der Waals surface area contributed by atoms with Crippen molar-refractivity contribution in [2.75, 3.05) is 0 Å². The number of benzene rings is 1. The summed E-state index contributed by atoms with van der Waals surface area (Å²) in [7, 11) is 0. The van der Waals surface area contributed by atoms with Gasteiger partial charge in [0.15, 0.2) is 0 Å². The molecular weight excluding hydrogens is 325 g/mol. The van der Waals surface area contributed by atoms with Crippen molar-refractivity contribution in [3.05, 3.63) is 39.2 Å². The Morgan fingerprint density at radius 3 is 2.74 bits per heavy atom. The van der Waals surface area contributed by atoms with Gasteiger partial charge in [0.1, 0.15) is 17.2 Å². The van der Waals surface area contributed by atoms with Crippen molar-refractivity contribution in [1.29, 1.82) is 0 Å². The number of rotatable bonds is 3. The van der Waals surface area contributed by atoms with E-state index in [0.29, 0.717) is 12.8 Å². The molecule has 1 aromatic heterocycles. The summed E-state index contributed by atoms with van der Waals surface area (Å²) in [5.41, 5.74) is 5.28. The Morgan fingerprint density at radius 1 is 1.52 bits per heavy atom. The number of halogens is 2. The largest absolute Gasteiger partial charge is 0.481 e. The van der Waals surface area contributed by atoms with Crippen LogP contribution in [0.25, 0.3) is 10.9 Å². The van der Waals surface area contributed by atoms with E-state index in [1.54, 1.807) is 6.92 Å². The third kappa shape index (κ3) is 2.49. The minimum Gasteiger partial charge on any atom is -0.481 e. The summed E-state index contributed by atoms with van der Waals surface area (Å²) in [6.45, 7) is 1.64. The zero-order valence-corrected chi connectivity index (χ0v) is 13.0. The van der Waals surface area contributed by atoms with Crippen molar-refractivity contribution in [3.63, 3.8) is 0 Å². The molecule has 0 amide bonds. The van der Waals surface area contributed by atoms with E-state index in [0.717, 1.165) is 6.07 Å². The number of nitrogens with two attached hydrogens (primary N) is 1. The molecule has 0 radical (unpaired) electrons. The van der Waals surface area contributed by atoms with Crippen LogP contribution in [0.2, 0.25) is 5.02 Å². The Balaban J connectivity index is 2.22. The average Bonchev–Trinajstić information content (AvgIpc) is 2.42. The average molecular weight is 340 g/mol. The van der Waals surface area contributed by atoms with Crippen LogP contribution in [0.15, 0.2) is 16.9 Å². The van der Waals surface area contributed by atoms with Crippen molar-refractivity contribution in [1.82, 2.24) is 9.55 Å². The van der Waals surface area contributed by atoms with Gasteiger partial charge in [-0.3, -0.25) is 14.2 Å². The van der Waals surface area contributed by atoms with Gasteiger partial charge >= 0.3 is 5.97 Å². The smallest absolute Gasteiger partial charge is 0.306 e. The van der Waals surface area contributed by atoms with Gasteiger partial charge in [0.2, 0.25) is 0 Å². The summed E-state index contributed by atoms with van der Waals surface area (Å²) in [6.07, 6.45) is 0.629. The first-order valence-electron chi connectivity index (χ1n) is 7.19. The molecule has 8 heteroatoms. The third-order valence-corrected chi connectivity index (χ3v) is 4.53. The summed E-state index contributed by atoms with van der Waals surface area (Å²) in [5.74, 6) is -1.80. The van der Waals surface area contributed by atoms with Crippen molar-refractivity contribution in [2.24, 2.45) is 11.7 Å². The van der Waals surface area contributed by atoms with Gasteiger partial charge < -0.3 is 10.8 Å². The molecule has 6 nitrogen and oxygen atoms in total. The predicted octanol–water partition coefficient (Wildman–Crippen LogP) is 2.24. The second-order valence-corrected chi connectivity index (χ2v) is 6.25. The van der Waals surface area contributed by atoms with Gasteiger partial charge in [-0.25, -0.2) is 9.37 Å². The lowest BCUT2D eigenvalue weighted by molar-refractivity contribution is -0.146. The molecule has 1 aromatic carbocycles. The maximum Gasteiger partial charge on any atom is 0.306 e. The second kappa shape index (κ2) is 5.58. The molecule has 0 spiro atoms. The van der Waals surface area contributed by atoms with Gasteiger partial charge in [0, 0.05) is 6.04 Å². The molecule has 1 heterocycles. The molecule has 1 fully saturated rings. The second-order valence-electron chi connectivity index (χ2n) is 5.85. The summed E-state index contributed by atoms with van der Waals surface area (Å²) in [6, 6.07) is 1.53. The Hall–Kier alpha value is -1.99. The molecule has 23 heavy (non-hydrogen) atoms. The van der Waals surface area contributed by atoms with Crippen LogP contribution in [0.1, 0.15) is 37.7 Å². The Labute approximate surface area is 135 Å². The Bertz CT molecular complexity index is 859. The van der Waals surface area contributed by atoms with E-state index >= 15 is 0 Å². The maximum absolute atomic E-state index is 14.0. The highest BCUT2D eigenvalue weighted by atomic mass is 35.5. The van der Waals surface area contributed by atoms with E-state index < -0.39 is 29.3 Å². The summed E-state index contributed by atoms with van der Waals surface area (Å²) in [5, 5.41) is 9.10. The highest BCUT2D eigenvalue weighted by molar-refractivity contribution is 6.35. The fourth-order valence-corrected chi connectivity index (χ4v) is 3.15. The topological polar surface area (TPSA) is 98.2 Å². The molecule has 3 N–H and O–H groups in total. The number of nitrogens with zero attached hydrogens (tertiary/aromatic N) is 2. The lowest BCUT2D eigenvalue weighted by atomic mass is 9.80. The number of hydrogen-bond acceptors (Lipinski definition) is 4. The molecule has 3 rings (SSSR count). The van der Waals surface area contributed by atoms with Gasteiger partial charge in [-0.15, -0.1) is 0 Å². The van der Waals surface area contributed by atoms with Gasteiger partial charge in [0.25, 0.3) is 5.56 Å². The van der Waals surface area contributed by atoms with Crippen LogP contribution in [0.3, 0.4) is 0 Å². The van der Waals surface area contributed by atoms with Crippen LogP contribution >= 0.6 is 11.6 Å². The molecule has 0 unspecified atom stereocenters. The molecule has 0 saturated heterocycles. The number of hydrogen-bond donors (Lipinski definition) is 2. The third-order valence-electron chi connectivity index (χ3n) is 4.22. The summed E-state index contributed by atoms with van der Waals surface area (Å²) in [4.78, 5) is 28.0. The highest BCUT2D eigenvalue weighted by Crippen LogP contribution is 2.38. The predicted molar refractivity (Wildman–Crippen MR) is 83.0 cm³/mol. The van der Waals surface area contributed by atoms with Crippen LogP contribution in [0, 0.1) is 11.7 Å². The van der Waals surface area contributed by atoms with Gasteiger partial charge in [0.05, 0.1) is 22.4 Å². The highest BCUT2D eigenvalue weighted by Gasteiger charge is 2.38. The zero-order valence-electron chi connectivity index (χ0n) is 12.3. The van der Waals surface area contributed by atoms with E-state index in [2.05, 4.69) is 4.98 Å². The van der Waals surface area contributed by atoms with Gasteiger partial charge in [-0.2, -0.15) is 0 Å². The lowest BCUT2D eigenvalue weighted by Crippen LogP contribution is -2.40. The number of fused-ring (bicyclic) bond motifs is 1. The first kappa shape index (κ1) is 15.9. The van der Waals surface area contributed by atoms with Crippen molar-refractivity contribution < 1.29 is 14.3 Å². The van der Waals surface area contributed by atoms with Gasteiger partial charge in [-0.1, -0.05) is 11.6 Å². The molecule has 1 aliphatic carbocycles.